The Morgan fingerprint density at radius 3 is 2.11 bits per heavy atom. The first-order valence-electron chi connectivity index (χ1n) is 7.37. The van der Waals surface area contributed by atoms with Crippen molar-refractivity contribution in [3.8, 4) is 0 Å². The Morgan fingerprint density at radius 1 is 1.04 bits per heavy atom. The Balaban J connectivity index is 0.000000300. The number of hydrogen-bond donors (Lipinski definition) is 2. The fourth-order valence-corrected chi connectivity index (χ4v) is 2.74. The maximum atomic E-state index is 10.7. The maximum absolute atomic E-state index is 10.7. The molecule has 0 bridgehead atoms. The van der Waals surface area contributed by atoms with Crippen LogP contribution in [-0.2, 0) is 17.2 Å². The zero-order valence-corrected chi connectivity index (χ0v) is 15.8. The van der Waals surface area contributed by atoms with Crippen molar-refractivity contribution in [2.45, 2.75) is 15.6 Å². The highest BCUT2D eigenvalue weighted by Crippen LogP contribution is 2.29. The molecule has 8 nitrogen and oxygen atoms in total. The highest BCUT2D eigenvalue weighted by molar-refractivity contribution is 7.99. The topological polar surface area (TPSA) is 139 Å². The number of nitrogens with two attached hydrogens (primary N) is 2. The number of nitrogens with zero attached hydrogens (tertiary/aromatic N) is 3. The number of fused-ring (bicyclic) bond motifs is 1. The van der Waals surface area contributed by atoms with Gasteiger partial charge < -0.3 is 10.3 Å². The second-order valence-electron chi connectivity index (χ2n) is 5.25. The van der Waals surface area contributed by atoms with Gasteiger partial charge in [0, 0.05) is 6.07 Å². The highest BCUT2D eigenvalue weighted by Gasteiger charge is 2.36. The van der Waals surface area contributed by atoms with E-state index in [9.17, 15) is 13.2 Å². The second kappa shape index (κ2) is 8.16. The number of hydrogen-bond acceptors (Lipinski definition) is 8. The van der Waals surface area contributed by atoms with Crippen molar-refractivity contribution in [3.63, 3.8) is 0 Å². The molecule has 0 radical (unpaired) electrons. The number of para-hydroxylation sites is 2. The third-order valence-corrected chi connectivity index (χ3v) is 4.95. The summed E-state index contributed by atoms with van der Waals surface area (Å²) < 4.78 is 60.8. The van der Waals surface area contributed by atoms with Crippen LogP contribution in [0.2, 0.25) is 0 Å². The van der Waals surface area contributed by atoms with Gasteiger partial charge in [-0.25, -0.2) is 23.0 Å². The molecule has 28 heavy (non-hydrogen) atoms. The van der Waals surface area contributed by atoms with E-state index in [0.29, 0.717) is 16.7 Å². The van der Waals surface area contributed by atoms with Gasteiger partial charge >= 0.3 is 5.51 Å². The number of benzene rings is 1. The molecule has 0 spiro atoms. The SMILES string of the molecule is C[n+]1c(N)cccc1Sc1nc2ccccc2nc1N.O=S(=O)([O-])C(F)(F)F. The van der Waals surface area contributed by atoms with E-state index < -0.39 is 15.6 Å². The lowest BCUT2D eigenvalue weighted by molar-refractivity contribution is -0.694. The van der Waals surface area contributed by atoms with Crippen LogP contribution in [0.25, 0.3) is 11.0 Å². The third-order valence-electron chi connectivity index (χ3n) is 3.27. The molecule has 3 rings (SSSR count). The van der Waals surface area contributed by atoms with Crippen LogP contribution in [0, 0.1) is 0 Å². The van der Waals surface area contributed by atoms with E-state index >= 15 is 0 Å². The van der Waals surface area contributed by atoms with Crippen LogP contribution in [0.15, 0.2) is 52.5 Å². The molecule has 3 aromatic rings. The highest BCUT2D eigenvalue weighted by atomic mass is 32.2. The van der Waals surface area contributed by atoms with E-state index in [1.807, 2.05) is 54.1 Å². The van der Waals surface area contributed by atoms with Gasteiger partial charge in [-0.2, -0.15) is 13.2 Å². The number of pyridine rings is 1. The fourth-order valence-electron chi connectivity index (χ4n) is 1.85. The van der Waals surface area contributed by atoms with Gasteiger partial charge in [0.15, 0.2) is 21.0 Å². The zero-order chi connectivity index (χ0) is 21.1. The number of nitrogen functional groups attached to an aromatic ring is 2. The summed E-state index contributed by atoms with van der Waals surface area (Å²) in [4.78, 5) is 8.94. The van der Waals surface area contributed by atoms with E-state index in [1.54, 1.807) is 0 Å². The Bertz CT molecular complexity index is 1110. The Kier molecular flexibility index (Phi) is 6.31. The average Bonchev–Trinajstić information content (AvgIpc) is 2.58. The van der Waals surface area contributed by atoms with Gasteiger partial charge in [0.1, 0.15) is 5.03 Å². The molecule has 0 saturated heterocycles. The van der Waals surface area contributed by atoms with Crippen LogP contribution >= 0.6 is 11.8 Å². The molecule has 1 aromatic carbocycles. The fraction of sp³-hybridized carbons (Fsp3) is 0.133. The van der Waals surface area contributed by atoms with Crippen molar-refractivity contribution in [3.05, 3.63) is 42.5 Å². The standard InChI is InChI=1S/C14H13N5S.CHF3O3S/c1-19-11(15)7-4-8-12(19)20-14-13(16)17-9-5-2-3-6-10(9)18-14;2-1(3,4)8(5,6)7/h2-8,15H,1H3,(H2,16,17);(H,5,6,7). The van der Waals surface area contributed by atoms with Crippen LogP contribution in [-0.4, -0.2) is 28.4 Å². The van der Waals surface area contributed by atoms with E-state index in [4.69, 9.17) is 24.4 Å². The van der Waals surface area contributed by atoms with Crippen LogP contribution in [0.4, 0.5) is 24.8 Å². The van der Waals surface area contributed by atoms with Crippen molar-refractivity contribution in [2.24, 2.45) is 7.05 Å². The largest absolute Gasteiger partial charge is 0.741 e. The minimum Gasteiger partial charge on any atom is -0.741 e. The lowest BCUT2D eigenvalue weighted by Crippen LogP contribution is -2.34. The first-order chi connectivity index (χ1) is 12.9. The van der Waals surface area contributed by atoms with Gasteiger partial charge in [0.2, 0.25) is 0 Å². The summed E-state index contributed by atoms with van der Waals surface area (Å²) in [5.41, 5.74) is 7.85. The maximum Gasteiger partial charge on any atom is 0.485 e. The van der Waals surface area contributed by atoms with Crippen LogP contribution in [0.3, 0.4) is 0 Å². The molecule has 4 N–H and O–H groups in total. The molecule has 0 aliphatic carbocycles. The average molecular weight is 433 g/mol. The van der Waals surface area contributed by atoms with Crippen molar-refractivity contribution in [1.29, 1.82) is 0 Å². The lowest BCUT2D eigenvalue weighted by Gasteiger charge is -2.08. The number of rotatable bonds is 2. The molecule has 2 heterocycles. The number of anilines is 2. The predicted octanol–water partition coefficient (Wildman–Crippen LogP) is 1.82. The van der Waals surface area contributed by atoms with Crippen molar-refractivity contribution in [1.82, 2.24) is 9.97 Å². The predicted molar refractivity (Wildman–Crippen MR) is 95.9 cm³/mol. The van der Waals surface area contributed by atoms with Crippen LogP contribution in [0.5, 0.6) is 0 Å². The van der Waals surface area contributed by atoms with Crippen LogP contribution < -0.4 is 16.0 Å². The summed E-state index contributed by atoms with van der Waals surface area (Å²) in [5, 5.41) is 1.64. The number of alkyl halides is 3. The molecule has 0 atom stereocenters. The van der Waals surface area contributed by atoms with Crippen LogP contribution in [0.1, 0.15) is 0 Å². The second-order valence-corrected chi connectivity index (χ2v) is 7.63. The van der Waals surface area contributed by atoms with E-state index in [-0.39, 0.29) is 0 Å². The van der Waals surface area contributed by atoms with Gasteiger partial charge in [-0.1, -0.05) is 12.1 Å². The van der Waals surface area contributed by atoms with Gasteiger partial charge in [0.25, 0.3) is 5.82 Å². The number of halogens is 3. The van der Waals surface area contributed by atoms with Gasteiger partial charge in [-0.15, -0.1) is 0 Å². The molecule has 0 fully saturated rings. The molecule has 2 aromatic heterocycles. The lowest BCUT2D eigenvalue weighted by atomic mass is 10.3. The molecule has 0 aliphatic heterocycles. The Hall–Kier alpha value is -2.64. The summed E-state index contributed by atoms with van der Waals surface area (Å²) in [6.07, 6.45) is 0. The Labute approximate surface area is 162 Å². The summed E-state index contributed by atoms with van der Waals surface area (Å²) in [6, 6.07) is 13.4. The van der Waals surface area contributed by atoms with E-state index in [2.05, 4.69) is 9.97 Å². The molecule has 13 heteroatoms. The molecule has 0 amide bonds. The summed E-state index contributed by atoms with van der Waals surface area (Å²) in [5.74, 6) is 1.11. The summed E-state index contributed by atoms with van der Waals surface area (Å²) in [6.45, 7) is 0. The normalized spacial score (nSPS) is 11.8. The van der Waals surface area contributed by atoms with Gasteiger partial charge in [-0.05, 0) is 36.0 Å². The summed E-state index contributed by atoms with van der Waals surface area (Å²) in [7, 11) is -4.19. The minimum atomic E-state index is -6.09. The van der Waals surface area contributed by atoms with Crippen molar-refractivity contribution < 1.29 is 30.7 Å². The monoisotopic (exact) mass is 433 g/mol. The van der Waals surface area contributed by atoms with E-state index in [1.165, 1.54) is 11.8 Å². The molecule has 150 valence electrons. The third kappa shape index (κ3) is 5.21. The first-order valence-corrected chi connectivity index (χ1v) is 9.59. The molecule has 0 saturated carbocycles. The molecular formula is C15H14F3N5O3S2. The molecule has 0 aliphatic rings. The Morgan fingerprint density at radius 2 is 1.57 bits per heavy atom. The molecular weight excluding hydrogens is 419 g/mol. The minimum absolute atomic E-state index is 0.427. The quantitative estimate of drug-likeness (QED) is 0.354. The number of aromatic nitrogens is 3. The van der Waals surface area contributed by atoms with Gasteiger partial charge in [-0.3, -0.25) is 5.73 Å². The zero-order valence-electron chi connectivity index (χ0n) is 14.2. The van der Waals surface area contributed by atoms with Crippen molar-refractivity contribution in [2.75, 3.05) is 11.5 Å². The molecule has 0 unspecified atom stereocenters. The van der Waals surface area contributed by atoms with E-state index in [0.717, 1.165) is 16.1 Å². The first kappa shape index (κ1) is 21.7. The van der Waals surface area contributed by atoms with Crippen molar-refractivity contribution >= 4 is 44.5 Å². The smallest absolute Gasteiger partial charge is 0.485 e. The van der Waals surface area contributed by atoms with Gasteiger partial charge in [0.05, 0.1) is 18.1 Å². The summed E-state index contributed by atoms with van der Waals surface area (Å²) >= 11 is 1.45.